The van der Waals surface area contributed by atoms with Gasteiger partial charge in [0.15, 0.2) is 0 Å². The minimum atomic E-state index is -0.466. The van der Waals surface area contributed by atoms with E-state index in [-0.39, 0.29) is 5.69 Å². The van der Waals surface area contributed by atoms with E-state index in [2.05, 4.69) is 4.98 Å². The van der Waals surface area contributed by atoms with E-state index in [1.807, 2.05) is 25.1 Å². The average molecular weight is 232 g/mol. The second kappa shape index (κ2) is 4.82. The van der Waals surface area contributed by atoms with Gasteiger partial charge < -0.3 is 10.5 Å². The van der Waals surface area contributed by atoms with Crippen molar-refractivity contribution in [3.05, 3.63) is 53.6 Å². The fraction of sp³-hybridized carbons (Fsp3) is 0.154. The Hall–Kier alpha value is -2.10. The monoisotopic (exact) mass is 232 g/mol. The standard InChI is InChI=1S/C13H13FN2O/c1-9-6-12(15)11(14)7-13(9)17-8-10-4-2-3-5-16-10/h2-7H,8,15H2,1H3. The highest BCUT2D eigenvalue weighted by Gasteiger charge is 2.06. The zero-order valence-electron chi connectivity index (χ0n) is 9.48. The first-order valence-corrected chi connectivity index (χ1v) is 5.25. The van der Waals surface area contributed by atoms with Gasteiger partial charge in [0.25, 0.3) is 0 Å². The Bertz CT molecular complexity index is 514. The number of hydrogen-bond acceptors (Lipinski definition) is 3. The number of pyridine rings is 1. The molecule has 1 aromatic heterocycles. The Morgan fingerprint density at radius 1 is 1.35 bits per heavy atom. The van der Waals surface area contributed by atoms with Crippen molar-refractivity contribution in [1.29, 1.82) is 0 Å². The molecule has 1 aromatic carbocycles. The molecule has 2 rings (SSSR count). The average Bonchev–Trinajstić information content (AvgIpc) is 2.33. The molecule has 0 saturated heterocycles. The lowest BCUT2D eigenvalue weighted by molar-refractivity contribution is 0.298. The van der Waals surface area contributed by atoms with Crippen molar-refractivity contribution >= 4 is 5.69 Å². The van der Waals surface area contributed by atoms with Crippen molar-refractivity contribution < 1.29 is 9.13 Å². The minimum Gasteiger partial charge on any atom is -0.487 e. The summed E-state index contributed by atoms with van der Waals surface area (Å²) in [4.78, 5) is 4.12. The highest BCUT2D eigenvalue weighted by atomic mass is 19.1. The first-order chi connectivity index (χ1) is 8.16. The molecule has 1 heterocycles. The van der Waals surface area contributed by atoms with Gasteiger partial charge >= 0.3 is 0 Å². The minimum absolute atomic E-state index is 0.132. The second-order valence-electron chi connectivity index (χ2n) is 3.75. The zero-order valence-corrected chi connectivity index (χ0v) is 9.48. The maximum absolute atomic E-state index is 13.3. The number of aryl methyl sites for hydroxylation is 1. The van der Waals surface area contributed by atoms with Gasteiger partial charge in [-0.25, -0.2) is 4.39 Å². The van der Waals surface area contributed by atoms with E-state index in [0.717, 1.165) is 11.3 Å². The molecule has 88 valence electrons. The van der Waals surface area contributed by atoms with Crippen LogP contribution in [0.15, 0.2) is 36.5 Å². The molecule has 17 heavy (non-hydrogen) atoms. The Kier molecular flexibility index (Phi) is 3.23. The first-order valence-electron chi connectivity index (χ1n) is 5.25. The summed E-state index contributed by atoms with van der Waals surface area (Å²) in [6.45, 7) is 2.13. The van der Waals surface area contributed by atoms with Crippen LogP contribution < -0.4 is 10.5 Å². The molecule has 0 amide bonds. The molecular formula is C13H13FN2O. The van der Waals surface area contributed by atoms with E-state index in [0.29, 0.717) is 12.4 Å². The number of ether oxygens (including phenoxy) is 1. The SMILES string of the molecule is Cc1cc(N)c(F)cc1OCc1ccccn1. The number of anilines is 1. The number of hydrogen-bond donors (Lipinski definition) is 1. The third-order valence-corrected chi connectivity index (χ3v) is 2.40. The molecule has 0 spiro atoms. The van der Waals surface area contributed by atoms with Crippen LogP contribution >= 0.6 is 0 Å². The van der Waals surface area contributed by atoms with Crippen LogP contribution in [-0.2, 0) is 6.61 Å². The smallest absolute Gasteiger partial charge is 0.149 e. The largest absolute Gasteiger partial charge is 0.487 e. The van der Waals surface area contributed by atoms with Crippen LogP contribution in [0.2, 0.25) is 0 Å². The molecule has 0 aliphatic heterocycles. The van der Waals surface area contributed by atoms with Crippen molar-refractivity contribution in [3.8, 4) is 5.75 Å². The van der Waals surface area contributed by atoms with Crippen molar-refractivity contribution in [2.75, 3.05) is 5.73 Å². The number of nitrogens with zero attached hydrogens (tertiary/aromatic N) is 1. The maximum atomic E-state index is 13.3. The Labute approximate surface area is 99.1 Å². The molecule has 2 N–H and O–H groups in total. The molecular weight excluding hydrogens is 219 g/mol. The maximum Gasteiger partial charge on any atom is 0.149 e. The fourth-order valence-electron chi connectivity index (χ4n) is 1.48. The number of halogens is 1. The third kappa shape index (κ3) is 2.72. The number of rotatable bonds is 3. The predicted molar refractivity (Wildman–Crippen MR) is 64.1 cm³/mol. The van der Waals surface area contributed by atoms with Gasteiger partial charge in [0.1, 0.15) is 18.2 Å². The summed E-state index contributed by atoms with van der Waals surface area (Å²) < 4.78 is 18.8. The normalized spacial score (nSPS) is 10.2. The van der Waals surface area contributed by atoms with E-state index in [1.165, 1.54) is 6.07 Å². The van der Waals surface area contributed by atoms with Gasteiger partial charge in [0, 0.05) is 12.3 Å². The summed E-state index contributed by atoms with van der Waals surface area (Å²) >= 11 is 0. The van der Waals surface area contributed by atoms with Gasteiger partial charge in [-0.1, -0.05) is 6.07 Å². The van der Waals surface area contributed by atoms with Crippen LogP contribution in [0, 0.1) is 12.7 Å². The van der Waals surface area contributed by atoms with Crippen LogP contribution in [0.4, 0.5) is 10.1 Å². The van der Waals surface area contributed by atoms with Gasteiger partial charge in [-0.3, -0.25) is 4.98 Å². The van der Waals surface area contributed by atoms with Gasteiger partial charge in [0.05, 0.1) is 11.4 Å². The van der Waals surface area contributed by atoms with E-state index in [1.54, 1.807) is 12.3 Å². The molecule has 0 unspecified atom stereocenters. The van der Waals surface area contributed by atoms with Crippen LogP contribution in [-0.4, -0.2) is 4.98 Å². The van der Waals surface area contributed by atoms with E-state index in [9.17, 15) is 4.39 Å². The second-order valence-corrected chi connectivity index (χ2v) is 3.75. The Balaban J connectivity index is 2.12. The number of benzene rings is 1. The number of nitrogen functional groups attached to an aromatic ring is 1. The lowest BCUT2D eigenvalue weighted by Gasteiger charge is -2.09. The van der Waals surface area contributed by atoms with Gasteiger partial charge in [-0.05, 0) is 30.7 Å². The summed E-state index contributed by atoms with van der Waals surface area (Å²) in [6, 6.07) is 8.42. The van der Waals surface area contributed by atoms with Gasteiger partial charge in [0.2, 0.25) is 0 Å². The highest BCUT2D eigenvalue weighted by molar-refractivity contribution is 5.48. The van der Waals surface area contributed by atoms with E-state index in [4.69, 9.17) is 10.5 Å². The predicted octanol–water partition coefficient (Wildman–Crippen LogP) is 2.69. The molecule has 0 fully saturated rings. The summed E-state index contributed by atoms with van der Waals surface area (Å²) in [6.07, 6.45) is 1.69. The molecule has 0 bridgehead atoms. The van der Waals surface area contributed by atoms with Crippen molar-refractivity contribution in [3.63, 3.8) is 0 Å². The lowest BCUT2D eigenvalue weighted by atomic mass is 10.2. The van der Waals surface area contributed by atoms with Gasteiger partial charge in [-0.15, -0.1) is 0 Å². The molecule has 0 aliphatic carbocycles. The topological polar surface area (TPSA) is 48.1 Å². The van der Waals surface area contributed by atoms with Crippen LogP contribution in [0.25, 0.3) is 0 Å². The number of aromatic nitrogens is 1. The molecule has 2 aromatic rings. The molecule has 3 nitrogen and oxygen atoms in total. The van der Waals surface area contributed by atoms with Crippen molar-refractivity contribution in [2.24, 2.45) is 0 Å². The van der Waals surface area contributed by atoms with E-state index >= 15 is 0 Å². The summed E-state index contributed by atoms with van der Waals surface area (Å²) in [5, 5.41) is 0. The molecule has 0 radical (unpaired) electrons. The highest BCUT2D eigenvalue weighted by Crippen LogP contribution is 2.24. The van der Waals surface area contributed by atoms with E-state index < -0.39 is 5.82 Å². The van der Waals surface area contributed by atoms with Crippen molar-refractivity contribution in [2.45, 2.75) is 13.5 Å². The summed E-state index contributed by atoms with van der Waals surface area (Å²) in [5.74, 6) is 0.0222. The quantitative estimate of drug-likeness (QED) is 0.828. The van der Waals surface area contributed by atoms with Crippen LogP contribution in [0.3, 0.4) is 0 Å². The summed E-state index contributed by atoms with van der Waals surface area (Å²) in [7, 11) is 0. The zero-order chi connectivity index (χ0) is 12.3. The first kappa shape index (κ1) is 11.4. The third-order valence-electron chi connectivity index (χ3n) is 2.40. The Morgan fingerprint density at radius 3 is 2.88 bits per heavy atom. The fourth-order valence-corrected chi connectivity index (χ4v) is 1.48. The van der Waals surface area contributed by atoms with Gasteiger partial charge in [-0.2, -0.15) is 0 Å². The molecule has 0 saturated carbocycles. The molecule has 0 aliphatic rings. The molecule has 4 heteroatoms. The van der Waals surface area contributed by atoms with Crippen LogP contribution in [0.5, 0.6) is 5.75 Å². The lowest BCUT2D eigenvalue weighted by Crippen LogP contribution is -2.00. The van der Waals surface area contributed by atoms with Crippen molar-refractivity contribution in [1.82, 2.24) is 4.98 Å². The number of nitrogens with two attached hydrogens (primary N) is 1. The Morgan fingerprint density at radius 2 is 2.18 bits per heavy atom. The molecule has 0 atom stereocenters. The van der Waals surface area contributed by atoms with Crippen LogP contribution in [0.1, 0.15) is 11.3 Å². The summed E-state index contributed by atoms with van der Waals surface area (Å²) in [5.41, 5.74) is 7.19.